The number of carbonyl (C=O) groups excluding carboxylic acids is 2. The van der Waals surface area contributed by atoms with Gasteiger partial charge in [-0.2, -0.15) is 5.10 Å². The molecule has 1 aliphatic heterocycles. The second-order valence-electron chi connectivity index (χ2n) is 8.25. The lowest BCUT2D eigenvalue weighted by atomic mass is 9.97. The van der Waals surface area contributed by atoms with Gasteiger partial charge < -0.3 is 10.2 Å². The second-order valence-corrected chi connectivity index (χ2v) is 9.28. The van der Waals surface area contributed by atoms with E-state index >= 15 is 0 Å². The quantitative estimate of drug-likeness (QED) is 0.463. The van der Waals surface area contributed by atoms with Crippen molar-refractivity contribution in [3.63, 3.8) is 0 Å². The molecule has 3 heterocycles. The molecule has 0 bridgehead atoms. The third-order valence-electron chi connectivity index (χ3n) is 5.95. The molecular weight excluding hydrogens is 439 g/mol. The summed E-state index contributed by atoms with van der Waals surface area (Å²) in [5.41, 5.74) is 2.31. The van der Waals surface area contributed by atoms with E-state index in [9.17, 15) is 14.0 Å². The average molecular weight is 463 g/mol. The molecule has 1 saturated heterocycles. The van der Waals surface area contributed by atoms with Crippen LogP contribution in [0.5, 0.6) is 0 Å². The Labute approximate surface area is 194 Å². The Morgan fingerprint density at radius 2 is 1.88 bits per heavy atom. The molecule has 0 aliphatic carbocycles. The second kappa shape index (κ2) is 8.78. The number of para-hydroxylation sites is 1. The number of benzene rings is 2. The first-order chi connectivity index (χ1) is 16.0. The molecule has 5 rings (SSSR count). The van der Waals surface area contributed by atoms with Gasteiger partial charge in [-0.05, 0) is 62.2 Å². The zero-order valence-corrected chi connectivity index (χ0v) is 18.9. The van der Waals surface area contributed by atoms with E-state index in [0.717, 1.165) is 40.1 Å². The molecule has 2 aromatic carbocycles. The van der Waals surface area contributed by atoms with Crippen LogP contribution in [-0.4, -0.2) is 39.6 Å². The fourth-order valence-electron chi connectivity index (χ4n) is 4.21. The molecule has 0 saturated carbocycles. The number of nitrogens with one attached hydrogen (secondary N) is 1. The highest BCUT2D eigenvalue weighted by Crippen LogP contribution is 2.32. The van der Waals surface area contributed by atoms with Gasteiger partial charge in [0, 0.05) is 24.2 Å². The standard InChI is InChI=1S/C25H23FN4O2S/c1-16-21-14-22(33-25(21)30(28-16)20-11-9-18(26)10-12-20)24(32)29-13-5-6-17(15-29)23(31)27-19-7-3-2-4-8-19/h2-4,7-12,14,17H,5-6,13,15H2,1H3,(H,27,31). The van der Waals surface area contributed by atoms with Gasteiger partial charge in [0.2, 0.25) is 5.91 Å². The number of halogens is 1. The molecule has 2 aromatic heterocycles. The van der Waals surface area contributed by atoms with Crippen molar-refractivity contribution in [1.82, 2.24) is 14.7 Å². The molecule has 1 atom stereocenters. The van der Waals surface area contributed by atoms with E-state index in [-0.39, 0.29) is 23.5 Å². The number of aromatic nitrogens is 2. The first kappa shape index (κ1) is 21.3. The lowest BCUT2D eigenvalue weighted by Gasteiger charge is -2.31. The maximum atomic E-state index is 13.3. The Bertz CT molecular complexity index is 1310. The summed E-state index contributed by atoms with van der Waals surface area (Å²) in [5.74, 6) is -0.679. The lowest BCUT2D eigenvalue weighted by molar-refractivity contribution is -0.121. The third-order valence-corrected chi connectivity index (χ3v) is 7.05. The van der Waals surface area contributed by atoms with Crippen molar-refractivity contribution in [2.75, 3.05) is 18.4 Å². The summed E-state index contributed by atoms with van der Waals surface area (Å²) >= 11 is 1.37. The Balaban J connectivity index is 1.35. The molecule has 1 unspecified atom stereocenters. The minimum atomic E-state index is -0.308. The first-order valence-corrected chi connectivity index (χ1v) is 11.7. The van der Waals surface area contributed by atoms with Crippen LogP contribution in [-0.2, 0) is 4.79 Å². The SMILES string of the molecule is Cc1nn(-c2ccc(F)cc2)c2sc(C(=O)N3CCCC(C(=O)Nc4ccccc4)C3)cc12. The van der Waals surface area contributed by atoms with Crippen molar-refractivity contribution in [2.24, 2.45) is 5.92 Å². The Hall–Kier alpha value is -3.52. The predicted octanol–water partition coefficient (Wildman–Crippen LogP) is 5.03. The third kappa shape index (κ3) is 4.26. The molecule has 168 valence electrons. The summed E-state index contributed by atoms with van der Waals surface area (Å²) < 4.78 is 15.1. The zero-order chi connectivity index (χ0) is 22.9. The maximum Gasteiger partial charge on any atom is 0.264 e. The highest BCUT2D eigenvalue weighted by molar-refractivity contribution is 7.20. The molecule has 0 spiro atoms. The van der Waals surface area contributed by atoms with Gasteiger partial charge in [-0.15, -0.1) is 11.3 Å². The number of fused-ring (bicyclic) bond motifs is 1. The summed E-state index contributed by atoms with van der Waals surface area (Å²) in [6.07, 6.45) is 1.54. The number of carbonyl (C=O) groups is 2. The van der Waals surface area contributed by atoms with Crippen LogP contribution in [0, 0.1) is 18.7 Å². The van der Waals surface area contributed by atoms with Crippen molar-refractivity contribution in [3.05, 3.63) is 77.1 Å². The van der Waals surface area contributed by atoms with Gasteiger partial charge in [0.15, 0.2) is 0 Å². The molecule has 2 amide bonds. The van der Waals surface area contributed by atoms with Crippen molar-refractivity contribution < 1.29 is 14.0 Å². The topological polar surface area (TPSA) is 67.2 Å². The van der Waals surface area contributed by atoms with Crippen molar-refractivity contribution in [2.45, 2.75) is 19.8 Å². The van der Waals surface area contributed by atoms with E-state index in [4.69, 9.17) is 0 Å². The average Bonchev–Trinajstić information content (AvgIpc) is 3.40. The fourth-order valence-corrected chi connectivity index (χ4v) is 5.36. The van der Waals surface area contributed by atoms with E-state index in [2.05, 4.69) is 10.4 Å². The highest BCUT2D eigenvalue weighted by Gasteiger charge is 2.30. The number of piperidine rings is 1. The van der Waals surface area contributed by atoms with E-state index in [0.29, 0.717) is 18.0 Å². The van der Waals surface area contributed by atoms with Gasteiger partial charge in [-0.25, -0.2) is 9.07 Å². The normalized spacial score (nSPS) is 16.2. The predicted molar refractivity (Wildman–Crippen MR) is 127 cm³/mol. The van der Waals surface area contributed by atoms with Crippen molar-refractivity contribution >= 4 is 39.1 Å². The van der Waals surface area contributed by atoms with E-state index in [1.54, 1.807) is 21.7 Å². The number of hydrogen-bond donors (Lipinski definition) is 1. The fraction of sp³-hybridized carbons (Fsp3) is 0.240. The minimum absolute atomic E-state index is 0.0576. The van der Waals surface area contributed by atoms with Gasteiger partial charge in [-0.3, -0.25) is 9.59 Å². The Kier molecular flexibility index (Phi) is 5.68. The molecule has 1 aliphatic rings. The smallest absolute Gasteiger partial charge is 0.264 e. The Morgan fingerprint density at radius 3 is 2.64 bits per heavy atom. The lowest BCUT2D eigenvalue weighted by Crippen LogP contribution is -2.43. The van der Waals surface area contributed by atoms with Gasteiger partial charge in [0.25, 0.3) is 5.91 Å². The molecular formula is C25H23FN4O2S. The summed E-state index contributed by atoms with van der Waals surface area (Å²) in [4.78, 5) is 29.3. The number of amides is 2. The summed E-state index contributed by atoms with van der Waals surface area (Å²) in [5, 5.41) is 8.42. The van der Waals surface area contributed by atoms with Crippen molar-refractivity contribution in [1.29, 1.82) is 0 Å². The van der Waals surface area contributed by atoms with Crippen LogP contribution < -0.4 is 5.32 Å². The first-order valence-electron chi connectivity index (χ1n) is 10.9. The summed E-state index contributed by atoms with van der Waals surface area (Å²) in [6.45, 7) is 2.92. The van der Waals surface area contributed by atoms with E-state index < -0.39 is 0 Å². The number of thiophene rings is 1. The van der Waals surface area contributed by atoms with Gasteiger partial charge in [0.1, 0.15) is 10.6 Å². The number of aryl methyl sites for hydroxylation is 1. The molecule has 1 fully saturated rings. The largest absolute Gasteiger partial charge is 0.337 e. The monoisotopic (exact) mass is 462 g/mol. The van der Waals surface area contributed by atoms with Gasteiger partial charge >= 0.3 is 0 Å². The van der Waals surface area contributed by atoms with Crippen LogP contribution in [0.25, 0.3) is 15.9 Å². The molecule has 6 nitrogen and oxygen atoms in total. The van der Waals surface area contributed by atoms with Gasteiger partial charge in [0.05, 0.1) is 22.2 Å². The zero-order valence-electron chi connectivity index (χ0n) is 18.1. The Morgan fingerprint density at radius 1 is 1.12 bits per heavy atom. The number of anilines is 1. The summed E-state index contributed by atoms with van der Waals surface area (Å²) in [6, 6.07) is 17.4. The molecule has 33 heavy (non-hydrogen) atoms. The van der Waals surface area contributed by atoms with Crippen LogP contribution in [0.1, 0.15) is 28.2 Å². The number of rotatable bonds is 4. The number of hydrogen-bond acceptors (Lipinski definition) is 4. The molecule has 1 N–H and O–H groups in total. The minimum Gasteiger partial charge on any atom is -0.337 e. The van der Waals surface area contributed by atoms with Crippen LogP contribution in [0.4, 0.5) is 10.1 Å². The summed E-state index contributed by atoms with van der Waals surface area (Å²) in [7, 11) is 0. The van der Waals surface area contributed by atoms with Crippen LogP contribution in [0.2, 0.25) is 0 Å². The highest BCUT2D eigenvalue weighted by atomic mass is 32.1. The van der Waals surface area contributed by atoms with Crippen molar-refractivity contribution in [3.8, 4) is 5.69 Å². The molecule has 0 radical (unpaired) electrons. The number of likely N-dealkylation sites (tertiary alicyclic amines) is 1. The van der Waals surface area contributed by atoms with E-state index in [1.165, 1.54) is 23.5 Å². The maximum absolute atomic E-state index is 13.3. The molecule has 4 aromatic rings. The van der Waals surface area contributed by atoms with Crippen LogP contribution in [0.15, 0.2) is 60.7 Å². The van der Waals surface area contributed by atoms with Gasteiger partial charge in [-0.1, -0.05) is 18.2 Å². The molecule has 8 heteroatoms. The van der Waals surface area contributed by atoms with E-state index in [1.807, 2.05) is 43.3 Å². The number of nitrogens with zero attached hydrogens (tertiary/aromatic N) is 3. The van der Waals surface area contributed by atoms with Crippen LogP contribution in [0.3, 0.4) is 0 Å². The van der Waals surface area contributed by atoms with Crippen LogP contribution >= 0.6 is 11.3 Å².